The summed E-state index contributed by atoms with van der Waals surface area (Å²) in [5, 5.41) is 1.97. The zero-order chi connectivity index (χ0) is 12.5. The average molecular weight is 248 g/mol. The molecule has 0 heterocycles. The molecule has 0 bridgehead atoms. The van der Waals surface area contributed by atoms with Crippen LogP contribution in [-0.4, -0.2) is 26.2 Å². The second kappa shape index (κ2) is 4.30. The molecule has 2 aromatic carbocycles. The molecule has 4 heteroatoms. The lowest BCUT2D eigenvalue weighted by Gasteiger charge is -2.02. The van der Waals surface area contributed by atoms with Crippen molar-refractivity contribution >= 4 is 26.4 Å². The average Bonchev–Trinajstić information content (AvgIpc) is 2.26. The second-order valence-corrected chi connectivity index (χ2v) is 6.20. The van der Waals surface area contributed by atoms with Gasteiger partial charge in [0.15, 0.2) is 15.6 Å². The van der Waals surface area contributed by atoms with Gasteiger partial charge in [-0.3, -0.25) is 4.79 Å². The van der Waals surface area contributed by atoms with Gasteiger partial charge in [0.05, 0.1) is 0 Å². The summed E-state index contributed by atoms with van der Waals surface area (Å²) >= 11 is 0. The van der Waals surface area contributed by atoms with Crippen LogP contribution in [0, 0.1) is 0 Å². The number of rotatable bonds is 3. The molecular formula is C13H12O3S. The Morgan fingerprint density at radius 3 is 2.35 bits per heavy atom. The van der Waals surface area contributed by atoms with Crippen molar-refractivity contribution < 1.29 is 13.2 Å². The Labute approximate surface area is 100.0 Å². The van der Waals surface area contributed by atoms with E-state index in [9.17, 15) is 13.2 Å². The van der Waals surface area contributed by atoms with Gasteiger partial charge >= 0.3 is 0 Å². The van der Waals surface area contributed by atoms with Crippen LogP contribution in [0.5, 0.6) is 0 Å². The van der Waals surface area contributed by atoms with Gasteiger partial charge in [-0.05, 0) is 16.8 Å². The molecule has 17 heavy (non-hydrogen) atoms. The van der Waals surface area contributed by atoms with Gasteiger partial charge in [0.25, 0.3) is 0 Å². The number of carbonyl (C=O) groups is 1. The Kier molecular flexibility index (Phi) is 2.98. The van der Waals surface area contributed by atoms with Crippen molar-refractivity contribution in [3.8, 4) is 0 Å². The number of fused-ring (bicyclic) bond motifs is 1. The van der Waals surface area contributed by atoms with E-state index in [2.05, 4.69) is 0 Å². The first-order valence-electron chi connectivity index (χ1n) is 5.15. The third-order valence-electron chi connectivity index (χ3n) is 2.46. The predicted molar refractivity (Wildman–Crippen MR) is 68.0 cm³/mol. The number of hydrogen-bond donors (Lipinski definition) is 0. The second-order valence-electron chi connectivity index (χ2n) is 4.06. The molecule has 0 N–H and O–H groups in total. The summed E-state index contributed by atoms with van der Waals surface area (Å²) in [6, 6.07) is 12.9. The smallest absolute Gasteiger partial charge is 0.177 e. The molecule has 0 aliphatic rings. The van der Waals surface area contributed by atoms with E-state index in [-0.39, 0.29) is 5.78 Å². The molecular weight excluding hydrogens is 236 g/mol. The van der Waals surface area contributed by atoms with Gasteiger partial charge in [0, 0.05) is 11.8 Å². The Morgan fingerprint density at radius 1 is 1.06 bits per heavy atom. The minimum atomic E-state index is -3.27. The quantitative estimate of drug-likeness (QED) is 0.781. The fourth-order valence-corrected chi connectivity index (χ4v) is 2.33. The van der Waals surface area contributed by atoms with Gasteiger partial charge in [-0.25, -0.2) is 8.42 Å². The first-order valence-corrected chi connectivity index (χ1v) is 7.21. The largest absolute Gasteiger partial charge is 0.293 e. The van der Waals surface area contributed by atoms with Crippen molar-refractivity contribution in [2.24, 2.45) is 0 Å². The monoisotopic (exact) mass is 248 g/mol. The van der Waals surface area contributed by atoms with Crippen LogP contribution in [0.4, 0.5) is 0 Å². The molecule has 2 rings (SSSR count). The first kappa shape index (κ1) is 11.8. The summed E-state index contributed by atoms with van der Waals surface area (Å²) in [7, 11) is -3.27. The zero-order valence-electron chi connectivity index (χ0n) is 9.38. The minimum absolute atomic E-state index is 0.363. The van der Waals surface area contributed by atoms with E-state index in [4.69, 9.17) is 0 Å². The van der Waals surface area contributed by atoms with Crippen molar-refractivity contribution in [1.82, 2.24) is 0 Å². The van der Waals surface area contributed by atoms with Crippen LogP contribution in [0.15, 0.2) is 42.5 Å². The molecule has 0 saturated heterocycles. The van der Waals surface area contributed by atoms with E-state index in [0.717, 1.165) is 17.0 Å². The molecule has 88 valence electrons. The fraction of sp³-hybridized carbons (Fsp3) is 0.154. The summed E-state index contributed by atoms with van der Waals surface area (Å²) in [5.41, 5.74) is 0.439. The lowest BCUT2D eigenvalue weighted by atomic mass is 10.1. The molecule has 0 unspecified atom stereocenters. The van der Waals surface area contributed by atoms with E-state index >= 15 is 0 Å². The number of sulfone groups is 1. The van der Waals surface area contributed by atoms with E-state index in [0.29, 0.717) is 5.56 Å². The van der Waals surface area contributed by atoms with E-state index in [1.165, 1.54) is 0 Å². The van der Waals surface area contributed by atoms with E-state index in [1.54, 1.807) is 12.1 Å². The van der Waals surface area contributed by atoms with Gasteiger partial charge in [-0.2, -0.15) is 0 Å². The predicted octanol–water partition coefficient (Wildman–Crippen LogP) is 2.07. The Bertz CT molecular complexity index is 672. The van der Waals surface area contributed by atoms with Gasteiger partial charge in [-0.1, -0.05) is 36.4 Å². The van der Waals surface area contributed by atoms with E-state index < -0.39 is 15.6 Å². The summed E-state index contributed by atoms with van der Waals surface area (Å²) in [4.78, 5) is 11.7. The van der Waals surface area contributed by atoms with Crippen LogP contribution in [0.25, 0.3) is 10.8 Å². The van der Waals surface area contributed by atoms with Gasteiger partial charge in [0.2, 0.25) is 0 Å². The highest BCUT2D eigenvalue weighted by atomic mass is 32.2. The number of Topliss-reactive ketones (excluding diaryl/α,β-unsaturated/α-hetero) is 1. The molecule has 0 aliphatic carbocycles. The summed E-state index contributed by atoms with van der Waals surface area (Å²) in [5.74, 6) is -0.802. The molecule has 0 saturated carbocycles. The standard InChI is InChI=1S/C13H12O3S/c1-17(15,16)9-13(14)12-7-6-10-4-2-3-5-11(10)8-12/h2-8H,9H2,1H3. The molecule has 0 radical (unpaired) electrons. The number of benzene rings is 2. The molecule has 0 aromatic heterocycles. The zero-order valence-corrected chi connectivity index (χ0v) is 10.2. The Morgan fingerprint density at radius 2 is 1.71 bits per heavy atom. The SMILES string of the molecule is CS(=O)(=O)CC(=O)c1ccc2ccccc2c1. The first-order chi connectivity index (χ1) is 7.96. The molecule has 0 spiro atoms. The maximum atomic E-state index is 11.7. The normalized spacial score (nSPS) is 11.6. The van der Waals surface area contributed by atoms with Crippen LogP contribution < -0.4 is 0 Å². The molecule has 0 atom stereocenters. The topological polar surface area (TPSA) is 51.2 Å². The summed E-state index contributed by atoms with van der Waals surface area (Å²) < 4.78 is 22.1. The van der Waals surface area contributed by atoms with Gasteiger partial charge in [-0.15, -0.1) is 0 Å². The minimum Gasteiger partial charge on any atom is -0.293 e. The van der Waals surface area contributed by atoms with Crippen molar-refractivity contribution in [3.63, 3.8) is 0 Å². The van der Waals surface area contributed by atoms with Crippen molar-refractivity contribution in [2.45, 2.75) is 0 Å². The van der Waals surface area contributed by atoms with Crippen LogP contribution in [0.1, 0.15) is 10.4 Å². The molecule has 0 fully saturated rings. The summed E-state index contributed by atoms with van der Waals surface area (Å²) in [6.45, 7) is 0. The van der Waals surface area contributed by atoms with Crippen LogP contribution >= 0.6 is 0 Å². The highest BCUT2D eigenvalue weighted by molar-refractivity contribution is 7.91. The maximum absolute atomic E-state index is 11.7. The Hall–Kier alpha value is -1.68. The summed E-state index contributed by atoms with van der Waals surface area (Å²) in [6.07, 6.45) is 1.06. The molecule has 2 aromatic rings. The van der Waals surface area contributed by atoms with Crippen molar-refractivity contribution in [1.29, 1.82) is 0 Å². The van der Waals surface area contributed by atoms with Gasteiger partial charge in [0.1, 0.15) is 5.75 Å². The lowest BCUT2D eigenvalue weighted by molar-refractivity contribution is 0.102. The van der Waals surface area contributed by atoms with Crippen LogP contribution in [0.2, 0.25) is 0 Å². The van der Waals surface area contributed by atoms with Crippen molar-refractivity contribution in [2.75, 3.05) is 12.0 Å². The lowest BCUT2D eigenvalue weighted by Crippen LogP contribution is -2.14. The maximum Gasteiger partial charge on any atom is 0.177 e. The Balaban J connectivity index is 2.40. The third kappa shape index (κ3) is 2.91. The highest BCUT2D eigenvalue weighted by Gasteiger charge is 2.13. The highest BCUT2D eigenvalue weighted by Crippen LogP contribution is 2.16. The number of hydrogen-bond acceptors (Lipinski definition) is 3. The van der Waals surface area contributed by atoms with Crippen LogP contribution in [0.3, 0.4) is 0 Å². The van der Waals surface area contributed by atoms with E-state index in [1.807, 2.05) is 30.3 Å². The molecule has 3 nitrogen and oxygen atoms in total. The third-order valence-corrected chi connectivity index (χ3v) is 3.25. The molecule has 0 amide bonds. The number of ketones is 1. The van der Waals surface area contributed by atoms with Crippen molar-refractivity contribution in [3.05, 3.63) is 48.0 Å². The number of carbonyl (C=O) groups excluding carboxylic acids is 1. The molecule has 0 aliphatic heterocycles. The van der Waals surface area contributed by atoms with Crippen LogP contribution in [-0.2, 0) is 9.84 Å². The fourth-order valence-electron chi connectivity index (χ4n) is 1.68. The van der Waals surface area contributed by atoms with Gasteiger partial charge < -0.3 is 0 Å².